The normalized spacial score (nSPS) is 34.2. The van der Waals surface area contributed by atoms with Crippen molar-refractivity contribution in [3.63, 3.8) is 0 Å². The Balaban J connectivity index is 1.93. The summed E-state index contributed by atoms with van der Waals surface area (Å²) in [6, 6.07) is 15.8. The van der Waals surface area contributed by atoms with Crippen LogP contribution in [0.1, 0.15) is 48.6 Å². The maximum atomic E-state index is 12.4. The average Bonchev–Trinajstić information content (AvgIpc) is 2.73. The van der Waals surface area contributed by atoms with Crippen molar-refractivity contribution in [2.24, 2.45) is 11.8 Å². The van der Waals surface area contributed by atoms with Crippen molar-refractivity contribution in [1.82, 2.24) is 0 Å². The van der Waals surface area contributed by atoms with E-state index in [9.17, 15) is 20.0 Å². The van der Waals surface area contributed by atoms with Gasteiger partial charge in [0.15, 0.2) is 0 Å². The maximum Gasteiger partial charge on any atom is 0.227 e. The Morgan fingerprint density at radius 3 is 2.31 bits per heavy atom. The largest absolute Gasteiger partial charge is 0.389 e. The second-order valence-corrected chi connectivity index (χ2v) is 9.21. The molecule has 2 aromatic carbocycles. The van der Waals surface area contributed by atoms with Gasteiger partial charge in [-0.05, 0) is 36.1 Å². The van der Waals surface area contributed by atoms with Crippen LogP contribution in [0.4, 0.5) is 0 Å². The summed E-state index contributed by atoms with van der Waals surface area (Å²) in [5.41, 5.74) is 0.362. The minimum Gasteiger partial charge on any atom is -0.389 e. The van der Waals surface area contributed by atoms with E-state index in [4.69, 9.17) is 0 Å². The molecule has 29 heavy (non-hydrogen) atoms. The Hall–Kier alpha value is -2.05. The Morgan fingerprint density at radius 2 is 1.69 bits per heavy atom. The molecule has 0 aliphatic heterocycles. The van der Waals surface area contributed by atoms with Gasteiger partial charge in [0.2, 0.25) is 6.04 Å². The molecule has 0 aromatic heterocycles. The molecule has 2 aliphatic rings. The van der Waals surface area contributed by atoms with E-state index in [0.717, 1.165) is 34.7 Å². The van der Waals surface area contributed by atoms with Gasteiger partial charge in [0, 0.05) is 15.3 Å². The highest BCUT2D eigenvalue weighted by Gasteiger charge is 2.63. The molecule has 0 unspecified atom stereocenters. The molecule has 0 radical (unpaired) electrons. The zero-order valence-electron chi connectivity index (χ0n) is 16.0. The summed E-state index contributed by atoms with van der Waals surface area (Å²) in [6.45, 7) is 0. The molecule has 6 heteroatoms. The molecule has 6 atom stereocenters. The van der Waals surface area contributed by atoms with Crippen molar-refractivity contribution in [1.29, 1.82) is 0 Å². The minimum absolute atomic E-state index is 0.227. The molecule has 0 amide bonds. The van der Waals surface area contributed by atoms with Gasteiger partial charge in [-0.3, -0.25) is 10.1 Å². The Morgan fingerprint density at radius 1 is 1.03 bits per heavy atom. The number of carbonyl (C=O) groups is 1. The molecule has 5 nitrogen and oxygen atoms in total. The van der Waals surface area contributed by atoms with Crippen molar-refractivity contribution in [2.45, 2.75) is 49.2 Å². The zero-order valence-corrected chi connectivity index (χ0v) is 17.6. The summed E-state index contributed by atoms with van der Waals surface area (Å²) in [5.74, 6) is -2.23. The molecule has 2 aromatic rings. The van der Waals surface area contributed by atoms with Gasteiger partial charge in [-0.15, -0.1) is 0 Å². The van der Waals surface area contributed by atoms with E-state index in [-0.39, 0.29) is 10.8 Å². The second-order valence-electron chi connectivity index (χ2n) is 8.30. The van der Waals surface area contributed by atoms with Gasteiger partial charge in [-0.2, -0.15) is 0 Å². The number of fused-ring (bicyclic) bond motifs is 1. The number of nitro groups is 1. The van der Waals surface area contributed by atoms with E-state index in [2.05, 4.69) is 15.9 Å². The highest BCUT2D eigenvalue weighted by Crippen LogP contribution is 2.58. The van der Waals surface area contributed by atoms with E-state index >= 15 is 0 Å². The lowest BCUT2D eigenvalue weighted by molar-refractivity contribution is -0.541. The number of carbonyl (C=O) groups excluding carboxylic acids is 1. The van der Waals surface area contributed by atoms with Gasteiger partial charge in [-0.1, -0.05) is 71.2 Å². The third-order valence-electron chi connectivity index (χ3n) is 6.95. The van der Waals surface area contributed by atoms with Crippen LogP contribution in [0.25, 0.3) is 0 Å². The molecule has 0 heterocycles. The van der Waals surface area contributed by atoms with Crippen molar-refractivity contribution < 1.29 is 14.8 Å². The van der Waals surface area contributed by atoms with Gasteiger partial charge in [0.05, 0.1) is 23.4 Å². The molecular formula is C23H24BrNO4. The van der Waals surface area contributed by atoms with Crippen molar-refractivity contribution in [3.8, 4) is 0 Å². The lowest BCUT2D eigenvalue weighted by Gasteiger charge is -2.54. The average molecular weight is 458 g/mol. The van der Waals surface area contributed by atoms with E-state index in [1.54, 1.807) is 0 Å². The Bertz CT molecular complexity index is 888. The Kier molecular flexibility index (Phi) is 5.58. The van der Waals surface area contributed by atoms with Crippen LogP contribution in [0.3, 0.4) is 0 Å². The first-order valence-electron chi connectivity index (χ1n) is 10.1. The summed E-state index contributed by atoms with van der Waals surface area (Å²) < 4.78 is 0.902. The van der Waals surface area contributed by atoms with Crippen LogP contribution in [-0.2, 0) is 4.79 Å². The third-order valence-corrected chi connectivity index (χ3v) is 7.48. The van der Waals surface area contributed by atoms with Crippen LogP contribution in [0.5, 0.6) is 0 Å². The Labute approximate surface area is 178 Å². The van der Waals surface area contributed by atoms with Crippen LogP contribution in [0.15, 0.2) is 59.1 Å². The first kappa shape index (κ1) is 20.2. The highest BCUT2D eigenvalue weighted by molar-refractivity contribution is 9.10. The van der Waals surface area contributed by atoms with Gasteiger partial charge in [0.25, 0.3) is 0 Å². The molecule has 2 saturated carbocycles. The van der Waals surface area contributed by atoms with Crippen molar-refractivity contribution in [3.05, 3.63) is 80.3 Å². The minimum atomic E-state index is -1.23. The van der Waals surface area contributed by atoms with E-state index < -0.39 is 29.4 Å². The van der Waals surface area contributed by atoms with Crippen LogP contribution in [0, 0.1) is 22.0 Å². The fourth-order valence-corrected chi connectivity index (χ4v) is 6.02. The lowest BCUT2D eigenvalue weighted by Crippen LogP contribution is -2.61. The van der Waals surface area contributed by atoms with Crippen LogP contribution < -0.4 is 0 Å². The molecular weight excluding hydrogens is 434 g/mol. The monoisotopic (exact) mass is 457 g/mol. The third kappa shape index (κ3) is 3.42. The highest BCUT2D eigenvalue weighted by atomic mass is 79.9. The fourth-order valence-electron chi connectivity index (χ4n) is 5.76. The number of halogens is 1. The molecule has 0 saturated heterocycles. The van der Waals surface area contributed by atoms with E-state index in [1.807, 2.05) is 54.6 Å². The van der Waals surface area contributed by atoms with E-state index in [0.29, 0.717) is 12.8 Å². The summed E-state index contributed by atoms with van der Waals surface area (Å²) in [5, 5.41) is 24.2. The number of rotatable bonds is 4. The topological polar surface area (TPSA) is 80.4 Å². The lowest BCUT2D eigenvalue weighted by atomic mass is 9.51. The summed E-state index contributed by atoms with van der Waals surface area (Å²) in [4.78, 5) is 24.5. The molecule has 0 spiro atoms. The molecule has 152 valence electrons. The van der Waals surface area contributed by atoms with Gasteiger partial charge in [-0.25, -0.2) is 0 Å². The number of hydrogen-bond acceptors (Lipinski definition) is 4. The first-order chi connectivity index (χ1) is 14.0. The van der Waals surface area contributed by atoms with Gasteiger partial charge >= 0.3 is 0 Å². The predicted molar refractivity (Wildman–Crippen MR) is 113 cm³/mol. The van der Waals surface area contributed by atoms with E-state index in [1.165, 1.54) is 0 Å². The van der Waals surface area contributed by atoms with Crippen LogP contribution in [-0.4, -0.2) is 28.0 Å². The second kappa shape index (κ2) is 8.00. The standard InChI is InChI=1S/C23H24BrNO4/c24-17-11-9-16(10-12-17)20-18-8-4-5-13-23(18,27)19(14-26)21(22(20)25(28)29)15-6-2-1-3-7-15/h1-3,6-7,9-12,14,18-22,27H,4-5,8,13H2/t18-,19-,20+,21-,22-,23+/m1/s1. The SMILES string of the molecule is O=C[C@@H]1[C@@H](c2ccccc2)[C@H]([N+](=O)[O-])[C@@H](c2ccc(Br)cc2)[C@H]2CCCC[C@@]12O. The molecule has 1 N–H and O–H groups in total. The molecule has 4 rings (SSSR count). The smallest absolute Gasteiger partial charge is 0.227 e. The maximum absolute atomic E-state index is 12.4. The summed E-state index contributed by atoms with van der Waals surface area (Å²) in [7, 11) is 0. The molecule has 2 aliphatic carbocycles. The zero-order chi connectivity index (χ0) is 20.6. The van der Waals surface area contributed by atoms with Crippen LogP contribution in [0.2, 0.25) is 0 Å². The van der Waals surface area contributed by atoms with Crippen molar-refractivity contribution in [2.75, 3.05) is 0 Å². The molecule has 2 fully saturated rings. The van der Waals surface area contributed by atoms with Gasteiger partial charge in [0.1, 0.15) is 6.29 Å². The van der Waals surface area contributed by atoms with Crippen LogP contribution >= 0.6 is 15.9 Å². The number of benzene rings is 2. The predicted octanol–water partition coefficient (Wildman–Crippen LogP) is 4.71. The van der Waals surface area contributed by atoms with Gasteiger partial charge < -0.3 is 9.90 Å². The number of nitrogens with zero attached hydrogens (tertiary/aromatic N) is 1. The van der Waals surface area contributed by atoms with Crippen molar-refractivity contribution >= 4 is 22.2 Å². The first-order valence-corrected chi connectivity index (χ1v) is 10.9. The number of hydrogen-bond donors (Lipinski definition) is 1. The molecule has 0 bridgehead atoms. The summed E-state index contributed by atoms with van der Waals surface area (Å²) >= 11 is 3.43. The quantitative estimate of drug-likeness (QED) is 0.409. The fraction of sp³-hybridized carbons (Fsp3) is 0.435. The number of aldehydes is 1. The summed E-state index contributed by atoms with van der Waals surface area (Å²) in [6.07, 6.45) is 3.70. The number of aliphatic hydroxyl groups is 1.